The Bertz CT molecular complexity index is 343. The van der Waals surface area contributed by atoms with Crippen LogP contribution in [0.5, 0.6) is 0 Å². The van der Waals surface area contributed by atoms with Crippen molar-refractivity contribution in [2.45, 2.75) is 6.04 Å². The van der Waals surface area contributed by atoms with Gasteiger partial charge in [-0.3, -0.25) is 4.79 Å². The molecule has 0 amide bonds. The topological polar surface area (TPSA) is 63.3 Å². The quantitative estimate of drug-likeness (QED) is 0.860. The van der Waals surface area contributed by atoms with Gasteiger partial charge in [-0.15, -0.1) is 0 Å². The number of carboxylic acid groups (broad SMARTS) is 1. The molecule has 13 heavy (non-hydrogen) atoms. The minimum atomic E-state index is -1.09. The Morgan fingerprint density at radius 2 is 2.23 bits per heavy atom. The van der Waals surface area contributed by atoms with E-state index in [1.165, 1.54) is 0 Å². The van der Waals surface area contributed by atoms with Gasteiger partial charge in [-0.05, 0) is 17.7 Å². The number of nitrogens with two attached hydrogens (primary N) is 1. The molecule has 0 saturated heterocycles. The lowest BCUT2D eigenvalue weighted by Crippen LogP contribution is -2.20. The van der Waals surface area contributed by atoms with Crippen molar-refractivity contribution in [3.05, 3.63) is 33.3 Å². The van der Waals surface area contributed by atoms with Crippen molar-refractivity contribution in [1.29, 1.82) is 0 Å². The molecular formula is C8H7BrClNO2. The van der Waals surface area contributed by atoms with Crippen LogP contribution < -0.4 is 5.73 Å². The van der Waals surface area contributed by atoms with E-state index in [2.05, 4.69) is 15.9 Å². The first-order valence-corrected chi connectivity index (χ1v) is 4.63. The van der Waals surface area contributed by atoms with Gasteiger partial charge in [0, 0.05) is 9.50 Å². The third kappa shape index (κ3) is 2.43. The van der Waals surface area contributed by atoms with Gasteiger partial charge in [0.1, 0.15) is 6.04 Å². The first-order valence-electron chi connectivity index (χ1n) is 3.45. The summed E-state index contributed by atoms with van der Waals surface area (Å²) in [6.07, 6.45) is 0. The molecule has 1 atom stereocenters. The van der Waals surface area contributed by atoms with Crippen LogP contribution in [0.1, 0.15) is 11.6 Å². The van der Waals surface area contributed by atoms with Crippen LogP contribution in [0.4, 0.5) is 0 Å². The van der Waals surface area contributed by atoms with Crippen LogP contribution in [0.2, 0.25) is 5.02 Å². The molecular weight excluding hydrogens is 257 g/mol. The average molecular weight is 265 g/mol. The lowest BCUT2D eigenvalue weighted by Gasteiger charge is -2.08. The third-order valence-corrected chi connectivity index (χ3v) is 2.38. The molecule has 3 N–H and O–H groups in total. The van der Waals surface area contributed by atoms with Crippen LogP contribution in [0.15, 0.2) is 22.7 Å². The smallest absolute Gasteiger partial charge is 0.325 e. The van der Waals surface area contributed by atoms with Crippen molar-refractivity contribution in [2.75, 3.05) is 0 Å². The maximum Gasteiger partial charge on any atom is 0.325 e. The largest absolute Gasteiger partial charge is 0.480 e. The van der Waals surface area contributed by atoms with Crippen molar-refractivity contribution >= 4 is 33.5 Å². The summed E-state index contributed by atoms with van der Waals surface area (Å²) >= 11 is 9.00. The lowest BCUT2D eigenvalue weighted by molar-refractivity contribution is -0.138. The van der Waals surface area contributed by atoms with Crippen LogP contribution in [-0.2, 0) is 4.79 Å². The van der Waals surface area contributed by atoms with E-state index in [0.717, 1.165) is 4.47 Å². The second-order valence-electron chi connectivity index (χ2n) is 2.48. The van der Waals surface area contributed by atoms with Crippen LogP contribution >= 0.6 is 27.5 Å². The zero-order valence-electron chi connectivity index (χ0n) is 6.50. The van der Waals surface area contributed by atoms with Crippen molar-refractivity contribution in [3.63, 3.8) is 0 Å². The second kappa shape index (κ2) is 4.09. The van der Waals surface area contributed by atoms with Gasteiger partial charge in [-0.2, -0.15) is 0 Å². The summed E-state index contributed by atoms with van der Waals surface area (Å²) < 4.78 is 0.791. The highest BCUT2D eigenvalue weighted by molar-refractivity contribution is 9.10. The van der Waals surface area contributed by atoms with Gasteiger partial charge in [0.25, 0.3) is 0 Å². The van der Waals surface area contributed by atoms with Crippen LogP contribution in [0.3, 0.4) is 0 Å². The molecule has 0 aromatic heterocycles. The van der Waals surface area contributed by atoms with E-state index in [9.17, 15) is 4.79 Å². The fourth-order valence-electron chi connectivity index (χ4n) is 0.887. The van der Waals surface area contributed by atoms with E-state index < -0.39 is 12.0 Å². The second-order valence-corrected chi connectivity index (χ2v) is 3.80. The minimum Gasteiger partial charge on any atom is -0.480 e. The molecule has 0 saturated carbocycles. The molecule has 5 heteroatoms. The zero-order chi connectivity index (χ0) is 10.0. The van der Waals surface area contributed by atoms with E-state index in [1.54, 1.807) is 18.2 Å². The molecule has 0 aliphatic rings. The standard InChI is InChI=1S/C8H7BrClNO2/c9-4-1-2-5(6(10)3-4)7(11)8(12)13/h1-3,7H,11H2,(H,12,13). The van der Waals surface area contributed by atoms with Crippen molar-refractivity contribution in [2.24, 2.45) is 5.73 Å². The van der Waals surface area contributed by atoms with Gasteiger partial charge in [0.2, 0.25) is 0 Å². The third-order valence-electron chi connectivity index (χ3n) is 1.56. The van der Waals surface area contributed by atoms with E-state index in [-0.39, 0.29) is 0 Å². The SMILES string of the molecule is NC(C(=O)O)c1ccc(Br)cc1Cl. The van der Waals surface area contributed by atoms with Crippen LogP contribution in [0, 0.1) is 0 Å². The van der Waals surface area contributed by atoms with Crippen molar-refractivity contribution < 1.29 is 9.90 Å². The summed E-state index contributed by atoms with van der Waals surface area (Å²) in [5.74, 6) is -1.09. The lowest BCUT2D eigenvalue weighted by atomic mass is 10.1. The highest BCUT2D eigenvalue weighted by Crippen LogP contribution is 2.25. The number of carbonyl (C=O) groups is 1. The Labute approximate surface area is 88.6 Å². The number of carboxylic acids is 1. The molecule has 0 radical (unpaired) electrons. The van der Waals surface area contributed by atoms with Gasteiger partial charge in [0.15, 0.2) is 0 Å². The number of hydrogen-bond donors (Lipinski definition) is 2. The monoisotopic (exact) mass is 263 g/mol. The van der Waals surface area contributed by atoms with Gasteiger partial charge in [0.05, 0.1) is 0 Å². The molecule has 1 aromatic carbocycles. The molecule has 0 fully saturated rings. The molecule has 0 bridgehead atoms. The zero-order valence-corrected chi connectivity index (χ0v) is 8.84. The number of halogens is 2. The predicted octanol–water partition coefficient (Wildman–Crippen LogP) is 2.19. The maximum atomic E-state index is 10.5. The molecule has 3 nitrogen and oxygen atoms in total. The van der Waals surface area contributed by atoms with Crippen LogP contribution in [0.25, 0.3) is 0 Å². The average Bonchev–Trinajstić information content (AvgIpc) is 2.03. The van der Waals surface area contributed by atoms with Crippen molar-refractivity contribution in [1.82, 2.24) is 0 Å². The van der Waals surface area contributed by atoms with Gasteiger partial charge in [-0.25, -0.2) is 0 Å². The molecule has 0 heterocycles. The Morgan fingerprint density at radius 1 is 1.62 bits per heavy atom. The Hall–Kier alpha value is -0.580. The summed E-state index contributed by atoms with van der Waals surface area (Å²) in [6.45, 7) is 0. The Balaban J connectivity index is 3.08. The minimum absolute atomic E-state index is 0.351. The van der Waals surface area contributed by atoms with E-state index in [1.807, 2.05) is 0 Å². The summed E-state index contributed by atoms with van der Waals surface area (Å²) in [5, 5.41) is 8.98. The van der Waals surface area contributed by atoms with Crippen molar-refractivity contribution in [3.8, 4) is 0 Å². The number of aliphatic carboxylic acids is 1. The van der Waals surface area contributed by atoms with Crippen LogP contribution in [-0.4, -0.2) is 11.1 Å². The fourth-order valence-corrected chi connectivity index (χ4v) is 1.68. The van der Waals surface area contributed by atoms with Gasteiger partial charge >= 0.3 is 5.97 Å². The van der Waals surface area contributed by atoms with Gasteiger partial charge in [-0.1, -0.05) is 33.6 Å². The number of benzene rings is 1. The first-order chi connectivity index (χ1) is 6.02. The molecule has 1 rings (SSSR count). The molecule has 1 unspecified atom stereocenters. The Kier molecular flexibility index (Phi) is 3.30. The first kappa shape index (κ1) is 10.5. The van der Waals surface area contributed by atoms with E-state index in [4.69, 9.17) is 22.4 Å². The Morgan fingerprint density at radius 3 is 2.69 bits per heavy atom. The molecule has 0 aliphatic heterocycles. The van der Waals surface area contributed by atoms with Gasteiger partial charge < -0.3 is 10.8 Å². The summed E-state index contributed by atoms with van der Waals surface area (Å²) in [6, 6.07) is 3.83. The molecule has 1 aromatic rings. The predicted molar refractivity (Wildman–Crippen MR) is 53.7 cm³/mol. The maximum absolute atomic E-state index is 10.5. The highest BCUT2D eigenvalue weighted by Gasteiger charge is 2.16. The summed E-state index contributed by atoms with van der Waals surface area (Å²) in [4.78, 5) is 10.5. The summed E-state index contributed by atoms with van der Waals surface area (Å²) in [7, 11) is 0. The van der Waals surface area contributed by atoms with E-state index >= 15 is 0 Å². The normalized spacial score (nSPS) is 12.5. The molecule has 70 valence electrons. The summed E-state index contributed by atoms with van der Waals surface area (Å²) in [5.41, 5.74) is 5.80. The highest BCUT2D eigenvalue weighted by atomic mass is 79.9. The number of hydrogen-bond acceptors (Lipinski definition) is 2. The molecule has 0 spiro atoms. The number of rotatable bonds is 2. The fraction of sp³-hybridized carbons (Fsp3) is 0.125. The van der Waals surface area contributed by atoms with E-state index in [0.29, 0.717) is 10.6 Å². The molecule has 0 aliphatic carbocycles.